The summed E-state index contributed by atoms with van der Waals surface area (Å²) < 4.78 is 5.75. The topological polar surface area (TPSA) is 48.1 Å². The number of nitrogens with zero attached hydrogens (tertiary/aromatic N) is 1. The average Bonchev–Trinajstić information content (AvgIpc) is 2.97. The maximum atomic E-state index is 5.93. The number of thiazole rings is 1. The molecule has 0 aliphatic carbocycles. The van der Waals surface area contributed by atoms with Crippen LogP contribution < -0.4 is 10.5 Å². The van der Waals surface area contributed by atoms with Crippen LogP contribution in [0.25, 0.3) is 0 Å². The Kier molecular flexibility index (Phi) is 6.87. The SMILES string of the molecule is CCCCCOc1ccc(CC(CN)c2nc(C)cs2)cc1. The molecular formula is C18H26N2OS. The first-order valence-electron chi connectivity index (χ1n) is 8.06. The third kappa shape index (κ3) is 5.11. The number of hydrogen-bond acceptors (Lipinski definition) is 4. The van der Waals surface area contributed by atoms with Crippen LogP contribution in [-0.2, 0) is 6.42 Å². The van der Waals surface area contributed by atoms with E-state index >= 15 is 0 Å². The Labute approximate surface area is 137 Å². The first-order valence-corrected chi connectivity index (χ1v) is 8.94. The van der Waals surface area contributed by atoms with Gasteiger partial charge in [-0.15, -0.1) is 11.3 Å². The van der Waals surface area contributed by atoms with Crippen LogP contribution in [0.4, 0.5) is 0 Å². The van der Waals surface area contributed by atoms with Crippen molar-refractivity contribution < 1.29 is 4.74 Å². The molecule has 2 rings (SSSR count). The summed E-state index contributed by atoms with van der Waals surface area (Å²) in [4.78, 5) is 4.57. The van der Waals surface area contributed by atoms with Crippen molar-refractivity contribution in [3.63, 3.8) is 0 Å². The number of ether oxygens (including phenoxy) is 1. The monoisotopic (exact) mass is 318 g/mol. The summed E-state index contributed by atoms with van der Waals surface area (Å²) in [6.45, 7) is 5.66. The van der Waals surface area contributed by atoms with Crippen molar-refractivity contribution in [3.8, 4) is 5.75 Å². The summed E-state index contributed by atoms with van der Waals surface area (Å²) in [5.41, 5.74) is 8.29. The van der Waals surface area contributed by atoms with E-state index < -0.39 is 0 Å². The van der Waals surface area contributed by atoms with Gasteiger partial charge in [0.1, 0.15) is 5.75 Å². The molecule has 1 atom stereocenters. The van der Waals surface area contributed by atoms with Gasteiger partial charge in [-0.1, -0.05) is 31.9 Å². The fourth-order valence-electron chi connectivity index (χ4n) is 2.38. The number of unbranched alkanes of at least 4 members (excludes halogenated alkanes) is 2. The van der Waals surface area contributed by atoms with Gasteiger partial charge in [-0.3, -0.25) is 0 Å². The van der Waals surface area contributed by atoms with E-state index in [1.165, 1.54) is 18.4 Å². The standard InChI is InChI=1S/C18H26N2OS/c1-3-4-5-10-21-17-8-6-15(7-9-17)11-16(12-19)18-20-14(2)13-22-18/h6-9,13,16H,3-5,10-12,19H2,1-2H3. The number of hydrogen-bond donors (Lipinski definition) is 1. The van der Waals surface area contributed by atoms with Crippen molar-refractivity contribution in [2.75, 3.05) is 13.2 Å². The minimum atomic E-state index is 0.301. The molecule has 0 amide bonds. The molecular weight excluding hydrogens is 292 g/mol. The second-order valence-corrected chi connectivity index (χ2v) is 6.55. The van der Waals surface area contributed by atoms with Crippen molar-refractivity contribution in [1.82, 2.24) is 4.98 Å². The highest BCUT2D eigenvalue weighted by Gasteiger charge is 2.14. The lowest BCUT2D eigenvalue weighted by Crippen LogP contribution is -2.15. The molecule has 22 heavy (non-hydrogen) atoms. The highest BCUT2D eigenvalue weighted by molar-refractivity contribution is 7.09. The van der Waals surface area contributed by atoms with E-state index in [2.05, 4.69) is 41.6 Å². The van der Waals surface area contributed by atoms with E-state index in [-0.39, 0.29) is 0 Å². The molecule has 2 aromatic rings. The molecule has 0 radical (unpaired) electrons. The minimum Gasteiger partial charge on any atom is -0.494 e. The lowest BCUT2D eigenvalue weighted by Gasteiger charge is -2.12. The zero-order valence-electron chi connectivity index (χ0n) is 13.5. The predicted octanol–water partition coefficient (Wildman–Crippen LogP) is 4.31. The normalized spacial score (nSPS) is 12.3. The molecule has 0 bridgehead atoms. The lowest BCUT2D eigenvalue weighted by atomic mass is 10.00. The summed E-state index contributed by atoms with van der Waals surface area (Å²) in [6.07, 6.45) is 4.50. The first-order chi connectivity index (χ1) is 10.7. The van der Waals surface area contributed by atoms with Crippen molar-refractivity contribution in [1.29, 1.82) is 0 Å². The maximum Gasteiger partial charge on any atom is 0.119 e. The molecule has 1 heterocycles. The van der Waals surface area contributed by atoms with Crippen LogP contribution >= 0.6 is 11.3 Å². The summed E-state index contributed by atoms with van der Waals surface area (Å²) in [5, 5.41) is 3.23. The fraction of sp³-hybridized carbons (Fsp3) is 0.500. The van der Waals surface area contributed by atoms with Gasteiger partial charge in [-0.05, 0) is 37.5 Å². The van der Waals surface area contributed by atoms with Gasteiger partial charge in [0, 0.05) is 23.5 Å². The van der Waals surface area contributed by atoms with Gasteiger partial charge >= 0.3 is 0 Å². The summed E-state index contributed by atoms with van der Waals surface area (Å²) >= 11 is 1.70. The van der Waals surface area contributed by atoms with Crippen LogP contribution in [0.2, 0.25) is 0 Å². The van der Waals surface area contributed by atoms with Crippen LogP contribution in [0.15, 0.2) is 29.6 Å². The quantitative estimate of drug-likeness (QED) is 0.701. The maximum absolute atomic E-state index is 5.93. The Morgan fingerprint density at radius 3 is 2.59 bits per heavy atom. The van der Waals surface area contributed by atoms with Crippen LogP contribution in [-0.4, -0.2) is 18.1 Å². The molecule has 120 valence electrons. The molecule has 0 aliphatic heterocycles. The van der Waals surface area contributed by atoms with Crippen LogP contribution in [0, 0.1) is 6.92 Å². The number of nitrogens with two attached hydrogens (primary N) is 1. The van der Waals surface area contributed by atoms with Gasteiger partial charge in [-0.25, -0.2) is 4.98 Å². The zero-order valence-corrected chi connectivity index (χ0v) is 14.4. The highest BCUT2D eigenvalue weighted by Crippen LogP contribution is 2.24. The van der Waals surface area contributed by atoms with Crippen molar-refractivity contribution in [3.05, 3.63) is 45.9 Å². The average molecular weight is 318 g/mol. The van der Waals surface area contributed by atoms with Gasteiger partial charge < -0.3 is 10.5 Å². The van der Waals surface area contributed by atoms with Gasteiger partial charge in [-0.2, -0.15) is 0 Å². The van der Waals surface area contributed by atoms with E-state index in [1.54, 1.807) is 11.3 Å². The predicted molar refractivity (Wildman–Crippen MR) is 93.8 cm³/mol. The summed E-state index contributed by atoms with van der Waals surface area (Å²) in [7, 11) is 0. The number of aryl methyl sites for hydroxylation is 1. The molecule has 0 saturated carbocycles. The Morgan fingerprint density at radius 1 is 1.23 bits per heavy atom. The fourth-order valence-corrected chi connectivity index (χ4v) is 3.29. The Morgan fingerprint density at radius 2 is 2.00 bits per heavy atom. The van der Waals surface area contributed by atoms with Gasteiger partial charge in [0.15, 0.2) is 0 Å². The second kappa shape index (κ2) is 8.91. The number of rotatable bonds is 9. The highest BCUT2D eigenvalue weighted by atomic mass is 32.1. The molecule has 0 spiro atoms. The zero-order chi connectivity index (χ0) is 15.8. The molecule has 2 N–H and O–H groups in total. The van der Waals surface area contributed by atoms with Gasteiger partial charge in [0.2, 0.25) is 0 Å². The van der Waals surface area contributed by atoms with Crippen LogP contribution in [0.1, 0.15) is 48.4 Å². The van der Waals surface area contributed by atoms with E-state index in [1.807, 2.05) is 6.92 Å². The second-order valence-electron chi connectivity index (χ2n) is 5.66. The van der Waals surface area contributed by atoms with E-state index in [0.29, 0.717) is 12.5 Å². The summed E-state index contributed by atoms with van der Waals surface area (Å²) in [5.74, 6) is 1.25. The molecule has 1 aromatic heterocycles. The van der Waals surface area contributed by atoms with Gasteiger partial charge in [0.25, 0.3) is 0 Å². The Balaban J connectivity index is 1.89. The number of benzene rings is 1. The number of aromatic nitrogens is 1. The van der Waals surface area contributed by atoms with E-state index in [9.17, 15) is 0 Å². The molecule has 4 heteroatoms. The smallest absolute Gasteiger partial charge is 0.119 e. The lowest BCUT2D eigenvalue weighted by molar-refractivity contribution is 0.306. The molecule has 0 saturated heterocycles. The molecule has 0 aliphatic rings. The van der Waals surface area contributed by atoms with Crippen molar-refractivity contribution >= 4 is 11.3 Å². The van der Waals surface area contributed by atoms with Crippen LogP contribution in [0.3, 0.4) is 0 Å². The largest absolute Gasteiger partial charge is 0.494 e. The molecule has 3 nitrogen and oxygen atoms in total. The van der Waals surface area contributed by atoms with E-state index in [4.69, 9.17) is 10.5 Å². The minimum absolute atomic E-state index is 0.301. The molecule has 1 unspecified atom stereocenters. The third-order valence-electron chi connectivity index (χ3n) is 3.69. The molecule has 1 aromatic carbocycles. The third-order valence-corrected chi connectivity index (χ3v) is 4.82. The summed E-state index contributed by atoms with van der Waals surface area (Å²) in [6, 6.07) is 8.39. The van der Waals surface area contributed by atoms with Crippen molar-refractivity contribution in [2.24, 2.45) is 5.73 Å². The Bertz CT molecular complexity index is 550. The van der Waals surface area contributed by atoms with E-state index in [0.717, 1.165) is 35.9 Å². The van der Waals surface area contributed by atoms with Crippen LogP contribution in [0.5, 0.6) is 5.75 Å². The van der Waals surface area contributed by atoms with Crippen molar-refractivity contribution in [2.45, 2.75) is 45.4 Å². The molecule has 0 fully saturated rings. The Hall–Kier alpha value is -1.39. The first kappa shape index (κ1) is 17.0. The van der Waals surface area contributed by atoms with Gasteiger partial charge in [0.05, 0.1) is 11.6 Å².